The van der Waals surface area contributed by atoms with Crippen molar-refractivity contribution >= 4 is 29.6 Å². The number of aryl methyl sites for hydroxylation is 1. The summed E-state index contributed by atoms with van der Waals surface area (Å²) in [5.74, 6) is -0.799. The van der Waals surface area contributed by atoms with Gasteiger partial charge in [0.05, 0.1) is 16.1 Å². The molecule has 0 aromatic heterocycles. The summed E-state index contributed by atoms with van der Waals surface area (Å²) in [7, 11) is 0. The second kappa shape index (κ2) is 15.9. The van der Waals surface area contributed by atoms with Crippen LogP contribution in [0.3, 0.4) is 0 Å². The molecular formula is C37H31ClN2O4. The fourth-order valence-electron chi connectivity index (χ4n) is 4.54. The molecule has 0 atom stereocenters. The first kappa shape index (κ1) is 31.8. The molecule has 0 saturated carbocycles. The summed E-state index contributed by atoms with van der Waals surface area (Å²) in [4.78, 5) is 25.5. The molecule has 44 heavy (non-hydrogen) atoms. The van der Waals surface area contributed by atoms with E-state index in [-0.39, 0.29) is 27.7 Å². The number of ether oxygens (including phenoxy) is 2. The van der Waals surface area contributed by atoms with E-state index in [1.165, 1.54) is 74.1 Å². The van der Waals surface area contributed by atoms with Gasteiger partial charge in [-0.25, -0.2) is 9.59 Å². The molecule has 0 radical (unpaired) electrons. The van der Waals surface area contributed by atoms with Crippen molar-refractivity contribution in [3.05, 3.63) is 124 Å². The Balaban J connectivity index is 1.32. The molecule has 4 aromatic rings. The molecule has 6 nitrogen and oxygen atoms in total. The highest BCUT2D eigenvalue weighted by molar-refractivity contribution is 6.33. The highest BCUT2D eigenvalue weighted by Gasteiger charge is 2.16. The number of unbranched alkanes of at least 4 members (excludes halogenated alkanes) is 4. The summed E-state index contributed by atoms with van der Waals surface area (Å²) in [6.07, 6.45) is 8.83. The maximum atomic E-state index is 12.8. The number of allylic oxidation sites excluding steroid dienone is 1. The maximum Gasteiger partial charge on any atom is 0.345 e. The predicted molar refractivity (Wildman–Crippen MR) is 171 cm³/mol. The number of nitriles is 2. The van der Waals surface area contributed by atoms with Crippen LogP contribution in [-0.2, 0) is 6.42 Å². The van der Waals surface area contributed by atoms with Gasteiger partial charge in [-0.1, -0.05) is 92.7 Å². The number of esters is 2. The van der Waals surface area contributed by atoms with Gasteiger partial charge in [0.25, 0.3) is 0 Å². The zero-order valence-corrected chi connectivity index (χ0v) is 25.1. The number of halogens is 1. The van der Waals surface area contributed by atoms with Crippen molar-refractivity contribution in [2.24, 2.45) is 0 Å². The third-order valence-corrected chi connectivity index (χ3v) is 7.30. The molecule has 0 bridgehead atoms. The molecule has 0 heterocycles. The minimum atomic E-state index is -0.693. The lowest BCUT2D eigenvalue weighted by Crippen LogP contribution is -2.11. The Morgan fingerprint density at radius 2 is 1.32 bits per heavy atom. The monoisotopic (exact) mass is 602 g/mol. The number of hydrogen-bond donors (Lipinski definition) is 0. The molecule has 7 heteroatoms. The second-order valence-corrected chi connectivity index (χ2v) is 10.6. The highest BCUT2D eigenvalue weighted by Crippen LogP contribution is 2.26. The van der Waals surface area contributed by atoms with Gasteiger partial charge in [-0.2, -0.15) is 10.5 Å². The van der Waals surface area contributed by atoms with Crippen LogP contribution < -0.4 is 9.47 Å². The van der Waals surface area contributed by atoms with Crippen molar-refractivity contribution < 1.29 is 19.1 Å². The van der Waals surface area contributed by atoms with Crippen LogP contribution in [0.25, 0.3) is 17.2 Å². The second-order valence-electron chi connectivity index (χ2n) is 10.2. The summed E-state index contributed by atoms with van der Waals surface area (Å²) in [5.41, 5.74) is 4.46. The molecule has 0 fully saturated rings. The van der Waals surface area contributed by atoms with E-state index in [0.29, 0.717) is 11.1 Å². The Hall–Kier alpha value is -5.17. The van der Waals surface area contributed by atoms with Crippen LogP contribution in [0.4, 0.5) is 0 Å². The number of rotatable bonds is 12. The first-order valence-electron chi connectivity index (χ1n) is 14.5. The minimum Gasteiger partial charge on any atom is -0.423 e. The lowest BCUT2D eigenvalue weighted by molar-refractivity contribution is 0.0730. The topological polar surface area (TPSA) is 100 Å². The van der Waals surface area contributed by atoms with Gasteiger partial charge in [0.2, 0.25) is 0 Å². The SMILES string of the molecule is CCCCCCCc1ccc(-c2ccc(C(=O)Oc3ccc(C(=O)Oc4ccc(C=C(C#N)C#N)cc4)c(Cl)c3)cc2)cc1. The molecule has 0 saturated heterocycles. The average Bonchev–Trinajstić information content (AvgIpc) is 3.04. The molecule has 0 unspecified atom stereocenters. The molecule has 0 amide bonds. The molecular weight excluding hydrogens is 572 g/mol. The van der Waals surface area contributed by atoms with Crippen LogP contribution in [0, 0.1) is 22.7 Å². The predicted octanol–water partition coefficient (Wildman–Crippen LogP) is 9.39. The molecule has 0 aliphatic rings. The molecule has 220 valence electrons. The van der Waals surface area contributed by atoms with Gasteiger partial charge < -0.3 is 9.47 Å². The van der Waals surface area contributed by atoms with Crippen molar-refractivity contribution in [2.45, 2.75) is 45.4 Å². The summed E-state index contributed by atoms with van der Waals surface area (Å²) < 4.78 is 10.9. The normalized spacial score (nSPS) is 10.3. The van der Waals surface area contributed by atoms with E-state index in [2.05, 4.69) is 31.2 Å². The first-order chi connectivity index (χ1) is 21.4. The van der Waals surface area contributed by atoms with E-state index >= 15 is 0 Å². The molecule has 0 aliphatic carbocycles. The Labute approximate surface area is 262 Å². The van der Waals surface area contributed by atoms with Gasteiger partial charge in [-0.3, -0.25) is 0 Å². The van der Waals surface area contributed by atoms with E-state index in [9.17, 15) is 9.59 Å². The fourth-order valence-corrected chi connectivity index (χ4v) is 4.78. The minimum absolute atomic E-state index is 0.0384. The standard InChI is InChI=1S/C37H31ClN2O4/c1-2-3-4-5-6-7-26-8-12-29(13-9-26)30-14-16-31(17-15-30)36(41)44-33-20-21-34(35(38)23-33)37(42)43-32-18-10-27(11-19-32)22-28(24-39)25-40/h8-23H,2-7H2,1H3. The van der Waals surface area contributed by atoms with Gasteiger partial charge in [-0.05, 0) is 77.6 Å². The van der Waals surface area contributed by atoms with Crippen molar-refractivity contribution in [2.75, 3.05) is 0 Å². The van der Waals surface area contributed by atoms with Gasteiger partial charge in [0.1, 0.15) is 29.2 Å². The van der Waals surface area contributed by atoms with E-state index in [4.69, 9.17) is 31.6 Å². The van der Waals surface area contributed by atoms with Crippen LogP contribution in [0.5, 0.6) is 11.5 Å². The average molecular weight is 603 g/mol. The Morgan fingerprint density at radius 3 is 1.93 bits per heavy atom. The van der Waals surface area contributed by atoms with Crippen LogP contribution >= 0.6 is 11.6 Å². The molecule has 4 aromatic carbocycles. The molecule has 0 N–H and O–H groups in total. The summed E-state index contributed by atoms with van der Waals surface area (Å²) >= 11 is 6.32. The van der Waals surface area contributed by atoms with Gasteiger partial charge in [0, 0.05) is 6.07 Å². The lowest BCUT2D eigenvalue weighted by Gasteiger charge is -2.09. The van der Waals surface area contributed by atoms with Gasteiger partial charge in [-0.15, -0.1) is 0 Å². The van der Waals surface area contributed by atoms with Gasteiger partial charge in [0.15, 0.2) is 0 Å². The van der Waals surface area contributed by atoms with Crippen molar-refractivity contribution in [3.8, 4) is 34.8 Å². The molecule has 0 spiro atoms. The fraction of sp³-hybridized carbons (Fsp3) is 0.189. The lowest BCUT2D eigenvalue weighted by atomic mass is 10.00. The molecule has 0 aliphatic heterocycles. The Morgan fingerprint density at radius 1 is 0.727 bits per heavy atom. The number of nitrogens with zero attached hydrogens (tertiary/aromatic N) is 2. The van der Waals surface area contributed by atoms with Crippen molar-refractivity contribution in [3.63, 3.8) is 0 Å². The zero-order chi connectivity index (χ0) is 31.3. The zero-order valence-electron chi connectivity index (χ0n) is 24.4. The van der Waals surface area contributed by atoms with E-state index in [1.807, 2.05) is 12.1 Å². The number of benzene rings is 4. The van der Waals surface area contributed by atoms with E-state index in [0.717, 1.165) is 17.5 Å². The summed E-state index contributed by atoms with van der Waals surface area (Å²) in [5, 5.41) is 17.8. The van der Waals surface area contributed by atoms with Crippen LogP contribution in [0.1, 0.15) is 70.9 Å². The Kier molecular flexibility index (Phi) is 11.5. The number of hydrogen-bond acceptors (Lipinski definition) is 6. The summed E-state index contributed by atoms with van der Waals surface area (Å²) in [6, 6.07) is 29.9. The summed E-state index contributed by atoms with van der Waals surface area (Å²) in [6.45, 7) is 2.22. The van der Waals surface area contributed by atoms with Crippen LogP contribution in [-0.4, -0.2) is 11.9 Å². The van der Waals surface area contributed by atoms with E-state index in [1.54, 1.807) is 36.4 Å². The maximum absolute atomic E-state index is 12.8. The van der Waals surface area contributed by atoms with E-state index < -0.39 is 11.9 Å². The van der Waals surface area contributed by atoms with Crippen LogP contribution in [0.2, 0.25) is 5.02 Å². The quantitative estimate of drug-likeness (QED) is 0.0693. The highest BCUT2D eigenvalue weighted by atomic mass is 35.5. The largest absolute Gasteiger partial charge is 0.423 e. The van der Waals surface area contributed by atoms with Crippen LogP contribution in [0.15, 0.2) is 96.6 Å². The third kappa shape index (κ3) is 8.91. The van der Waals surface area contributed by atoms with Crippen molar-refractivity contribution in [1.29, 1.82) is 10.5 Å². The third-order valence-electron chi connectivity index (χ3n) is 6.99. The Bertz CT molecular complexity index is 1700. The number of carbonyl (C=O) groups is 2. The molecule has 4 rings (SSSR count). The number of carbonyl (C=O) groups excluding carboxylic acids is 2. The van der Waals surface area contributed by atoms with Crippen molar-refractivity contribution in [1.82, 2.24) is 0 Å². The van der Waals surface area contributed by atoms with Gasteiger partial charge >= 0.3 is 11.9 Å². The smallest absolute Gasteiger partial charge is 0.345 e. The first-order valence-corrected chi connectivity index (χ1v) is 14.8.